The molecule has 0 amide bonds. The highest BCUT2D eigenvalue weighted by molar-refractivity contribution is 4.79. The maximum Gasteiger partial charge on any atom is 0.151 e. The zero-order valence-electron chi connectivity index (χ0n) is 7.27. The van der Waals surface area contributed by atoms with Crippen LogP contribution in [0.3, 0.4) is 0 Å². The Hall–Kier alpha value is -0.970. The summed E-state index contributed by atoms with van der Waals surface area (Å²) in [5.41, 5.74) is 0. The van der Waals surface area contributed by atoms with Gasteiger partial charge in [0, 0.05) is 19.6 Å². The lowest BCUT2D eigenvalue weighted by Crippen LogP contribution is -2.07. The maximum atomic E-state index is 8.60. The Morgan fingerprint density at radius 2 is 2.33 bits per heavy atom. The molecule has 0 saturated carbocycles. The molecule has 5 nitrogen and oxygen atoms in total. The Bertz CT molecular complexity index is 223. The number of aromatic nitrogens is 4. The topological polar surface area (TPSA) is 63.8 Å². The molecule has 12 heavy (non-hydrogen) atoms. The molecule has 0 fully saturated rings. The summed E-state index contributed by atoms with van der Waals surface area (Å²) >= 11 is 0. The van der Waals surface area contributed by atoms with Crippen molar-refractivity contribution in [3.05, 3.63) is 5.82 Å². The van der Waals surface area contributed by atoms with E-state index >= 15 is 0 Å². The van der Waals surface area contributed by atoms with Gasteiger partial charge in [0.25, 0.3) is 0 Å². The Kier molecular flexibility index (Phi) is 3.66. The molecule has 0 aliphatic carbocycles. The van der Waals surface area contributed by atoms with Crippen LogP contribution >= 0.6 is 0 Å². The van der Waals surface area contributed by atoms with E-state index in [1.165, 1.54) is 0 Å². The van der Waals surface area contributed by atoms with Crippen LogP contribution in [0.2, 0.25) is 0 Å². The maximum absolute atomic E-state index is 8.60. The van der Waals surface area contributed by atoms with Gasteiger partial charge in [-0.2, -0.15) is 0 Å². The smallest absolute Gasteiger partial charge is 0.151 e. The second-order valence-corrected chi connectivity index (χ2v) is 2.65. The number of aliphatic hydroxyl groups excluding tert-OH is 1. The second kappa shape index (κ2) is 4.82. The Morgan fingerprint density at radius 3 is 3.00 bits per heavy atom. The van der Waals surface area contributed by atoms with Crippen molar-refractivity contribution in [1.29, 1.82) is 0 Å². The third-order valence-corrected chi connectivity index (χ3v) is 1.61. The summed E-state index contributed by atoms with van der Waals surface area (Å²) in [6, 6.07) is 0. The van der Waals surface area contributed by atoms with Crippen LogP contribution in [0.1, 0.15) is 25.6 Å². The largest absolute Gasteiger partial charge is 0.396 e. The van der Waals surface area contributed by atoms with E-state index in [1.54, 1.807) is 4.68 Å². The molecule has 0 atom stereocenters. The summed E-state index contributed by atoms with van der Waals surface area (Å²) in [7, 11) is 0. The summed E-state index contributed by atoms with van der Waals surface area (Å²) in [6.45, 7) is 2.98. The van der Waals surface area contributed by atoms with Gasteiger partial charge in [0.2, 0.25) is 0 Å². The van der Waals surface area contributed by atoms with E-state index in [1.807, 2.05) is 0 Å². The molecule has 1 aromatic rings. The standard InChI is InChI=1S/C7H14N4O/c1-2-4-7-8-9-10-11(7)5-3-6-12/h12H,2-6H2,1H3. The summed E-state index contributed by atoms with van der Waals surface area (Å²) in [4.78, 5) is 0. The zero-order valence-corrected chi connectivity index (χ0v) is 7.27. The van der Waals surface area contributed by atoms with Gasteiger partial charge in [-0.05, 0) is 23.3 Å². The van der Waals surface area contributed by atoms with E-state index in [0.717, 1.165) is 18.7 Å². The monoisotopic (exact) mass is 170 g/mol. The Labute approximate surface area is 71.4 Å². The van der Waals surface area contributed by atoms with Gasteiger partial charge < -0.3 is 5.11 Å². The van der Waals surface area contributed by atoms with Gasteiger partial charge in [-0.1, -0.05) is 6.92 Å². The average Bonchev–Trinajstić information content (AvgIpc) is 2.50. The van der Waals surface area contributed by atoms with E-state index in [9.17, 15) is 0 Å². The van der Waals surface area contributed by atoms with Crippen molar-refractivity contribution in [2.45, 2.75) is 32.7 Å². The molecule has 1 rings (SSSR count). The van der Waals surface area contributed by atoms with Crippen molar-refractivity contribution in [2.75, 3.05) is 6.61 Å². The fraction of sp³-hybridized carbons (Fsp3) is 0.857. The lowest BCUT2D eigenvalue weighted by atomic mass is 10.3. The van der Waals surface area contributed by atoms with Gasteiger partial charge in [0.05, 0.1) is 0 Å². The number of aryl methyl sites for hydroxylation is 2. The van der Waals surface area contributed by atoms with E-state index in [4.69, 9.17) is 5.11 Å². The third kappa shape index (κ3) is 2.27. The first kappa shape index (κ1) is 9.12. The second-order valence-electron chi connectivity index (χ2n) is 2.65. The van der Waals surface area contributed by atoms with Crippen LogP contribution in [-0.4, -0.2) is 31.9 Å². The fourth-order valence-corrected chi connectivity index (χ4v) is 1.02. The van der Waals surface area contributed by atoms with Crippen LogP contribution in [0, 0.1) is 0 Å². The number of tetrazole rings is 1. The number of hydrogen-bond acceptors (Lipinski definition) is 4. The molecule has 0 aromatic carbocycles. The highest BCUT2D eigenvalue weighted by Gasteiger charge is 2.02. The summed E-state index contributed by atoms with van der Waals surface area (Å²) in [6.07, 6.45) is 2.65. The predicted octanol–water partition coefficient (Wildman–Crippen LogP) is 0.00800. The van der Waals surface area contributed by atoms with Crippen molar-refractivity contribution in [3.8, 4) is 0 Å². The minimum atomic E-state index is 0.186. The average molecular weight is 170 g/mol. The molecule has 0 spiro atoms. The van der Waals surface area contributed by atoms with Crippen LogP contribution in [0.4, 0.5) is 0 Å². The molecule has 0 unspecified atom stereocenters. The highest BCUT2D eigenvalue weighted by Crippen LogP contribution is 1.97. The summed E-state index contributed by atoms with van der Waals surface area (Å²) < 4.78 is 1.75. The molecular weight excluding hydrogens is 156 g/mol. The van der Waals surface area contributed by atoms with Crippen molar-refractivity contribution in [2.24, 2.45) is 0 Å². The Morgan fingerprint density at radius 1 is 1.50 bits per heavy atom. The molecule has 68 valence electrons. The van der Waals surface area contributed by atoms with E-state index in [-0.39, 0.29) is 6.61 Å². The van der Waals surface area contributed by atoms with Gasteiger partial charge in [0.1, 0.15) is 0 Å². The van der Waals surface area contributed by atoms with E-state index in [2.05, 4.69) is 22.4 Å². The van der Waals surface area contributed by atoms with E-state index < -0.39 is 0 Å². The molecule has 1 heterocycles. The normalized spacial score (nSPS) is 10.5. The first-order valence-electron chi connectivity index (χ1n) is 4.24. The molecule has 1 aromatic heterocycles. The van der Waals surface area contributed by atoms with Crippen LogP contribution in [0.15, 0.2) is 0 Å². The predicted molar refractivity (Wildman–Crippen MR) is 43.5 cm³/mol. The molecule has 0 aliphatic heterocycles. The molecular formula is C7H14N4O. The van der Waals surface area contributed by atoms with Gasteiger partial charge in [-0.25, -0.2) is 4.68 Å². The van der Waals surface area contributed by atoms with Gasteiger partial charge in [0.15, 0.2) is 5.82 Å². The van der Waals surface area contributed by atoms with Crippen molar-refractivity contribution < 1.29 is 5.11 Å². The molecule has 5 heteroatoms. The quantitative estimate of drug-likeness (QED) is 0.676. The SMILES string of the molecule is CCCc1nnnn1CCCO. The highest BCUT2D eigenvalue weighted by atomic mass is 16.3. The van der Waals surface area contributed by atoms with Gasteiger partial charge >= 0.3 is 0 Å². The number of rotatable bonds is 5. The number of nitrogens with zero attached hydrogens (tertiary/aromatic N) is 4. The van der Waals surface area contributed by atoms with Crippen LogP contribution in [-0.2, 0) is 13.0 Å². The zero-order chi connectivity index (χ0) is 8.81. The lowest BCUT2D eigenvalue weighted by Gasteiger charge is -2.00. The molecule has 1 N–H and O–H groups in total. The van der Waals surface area contributed by atoms with Crippen molar-refractivity contribution in [1.82, 2.24) is 20.2 Å². The molecule has 0 bridgehead atoms. The lowest BCUT2D eigenvalue weighted by molar-refractivity contribution is 0.275. The van der Waals surface area contributed by atoms with Crippen molar-refractivity contribution >= 4 is 0 Å². The number of aliphatic hydroxyl groups is 1. The third-order valence-electron chi connectivity index (χ3n) is 1.61. The van der Waals surface area contributed by atoms with Gasteiger partial charge in [-0.3, -0.25) is 0 Å². The minimum Gasteiger partial charge on any atom is -0.396 e. The first-order valence-corrected chi connectivity index (χ1v) is 4.24. The fourth-order valence-electron chi connectivity index (χ4n) is 1.02. The molecule has 0 aliphatic rings. The van der Waals surface area contributed by atoms with E-state index in [0.29, 0.717) is 13.0 Å². The van der Waals surface area contributed by atoms with Crippen LogP contribution in [0.25, 0.3) is 0 Å². The summed E-state index contributed by atoms with van der Waals surface area (Å²) in [5.74, 6) is 0.908. The van der Waals surface area contributed by atoms with Gasteiger partial charge in [-0.15, -0.1) is 5.10 Å². The molecule has 0 radical (unpaired) electrons. The number of hydrogen-bond donors (Lipinski definition) is 1. The first-order chi connectivity index (χ1) is 5.88. The molecule has 0 saturated heterocycles. The van der Waals surface area contributed by atoms with Crippen molar-refractivity contribution in [3.63, 3.8) is 0 Å². The van der Waals surface area contributed by atoms with Crippen LogP contribution in [0.5, 0.6) is 0 Å². The minimum absolute atomic E-state index is 0.186. The summed E-state index contributed by atoms with van der Waals surface area (Å²) in [5, 5.41) is 19.9. The Balaban J connectivity index is 2.51. The van der Waals surface area contributed by atoms with Crippen LogP contribution < -0.4 is 0 Å².